The fraction of sp³-hybridized carbons (Fsp3) is 0.812. The second kappa shape index (κ2) is 7.79. The van der Waals surface area contributed by atoms with Gasteiger partial charge in [-0.2, -0.15) is 5.10 Å². The van der Waals surface area contributed by atoms with Crippen LogP contribution in [0.2, 0.25) is 0 Å². The molecular formula is C16H29N3O. The number of nitrogens with zero attached hydrogens (tertiary/aromatic N) is 2. The summed E-state index contributed by atoms with van der Waals surface area (Å²) in [7, 11) is 1.73. The molecular weight excluding hydrogens is 250 g/mol. The maximum atomic E-state index is 5.05. The number of hydrogen-bond acceptors (Lipinski definition) is 3. The molecule has 1 aromatic rings. The molecule has 2 rings (SSSR count). The molecule has 0 amide bonds. The van der Waals surface area contributed by atoms with Gasteiger partial charge in [-0.25, -0.2) is 0 Å². The zero-order valence-corrected chi connectivity index (χ0v) is 13.2. The molecule has 1 heterocycles. The molecule has 1 fully saturated rings. The minimum atomic E-state index is 0.615. The summed E-state index contributed by atoms with van der Waals surface area (Å²) >= 11 is 0. The van der Waals surface area contributed by atoms with Gasteiger partial charge in [0.2, 0.25) is 0 Å². The van der Waals surface area contributed by atoms with Crippen LogP contribution < -0.4 is 5.32 Å². The standard InChI is InChI=1S/C16H29N3O/c1-4-14-5-7-16(8-6-14)19-12-15(13(2)18-19)11-17-9-10-20-3/h12,14,16-17H,4-11H2,1-3H3. The number of methoxy groups -OCH3 is 1. The quantitative estimate of drug-likeness (QED) is 0.780. The van der Waals surface area contributed by atoms with Gasteiger partial charge in [0, 0.05) is 32.0 Å². The van der Waals surface area contributed by atoms with E-state index in [0.29, 0.717) is 6.04 Å². The van der Waals surface area contributed by atoms with Gasteiger partial charge in [0.05, 0.1) is 18.3 Å². The lowest BCUT2D eigenvalue weighted by atomic mass is 9.85. The summed E-state index contributed by atoms with van der Waals surface area (Å²) in [6.07, 6.45) is 8.88. The molecule has 0 unspecified atom stereocenters. The molecule has 0 atom stereocenters. The molecule has 1 aromatic heterocycles. The highest BCUT2D eigenvalue weighted by molar-refractivity contribution is 5.15. The molecule has 20 heavy (non-hydrogen) atoms. The zero-order chi connectivity index (χ0) is 14.4. The molecule has 1 aliphatic carbocycles. The first-order valence-electron chi connectivity index (χ1n) is 7.98. The topological polar surface area (TPSA) is 39.1 Å². The Bertz CT molecular complexity index is 394. The fourth-order valence-electron chi connectivity index (χ4n) is 3.09. The predicted octanol–water partition coefficient (Wildman–Crippen LogP) is 3.07. The molecule has 1 aliphatic rings. The van der Waals surface area contributed by atoms with Gasteiger partial charge in [0.25, 0.3) is 0 Å². The summed E-state index contributed by atoms with van der Waals surface area (Å²) < 4.78 is 7.26. The minimum Gasteiger partial charge on any atom is -0.383 e. The molecule has 0 aromatic carbocycles. The second-order valence-corrected chi connectivity index (χ2v) is 5.97. The molecule has 0 aliphatic heterocycles. The highest BCUT2D eigenvalue weighted by Crippen LogP contribution is 2.33. The van der Waals surface area contributed by atoms with Gasteiger partial charge in [-0.05, 0) is 38.5 Å². The van der Waals surface area contributed by atoms with Crippen molar-refractivity contribution in [2.24, 2.45) is 5.92 Å². The van der Waals surface area contributed by atoms with Crippen LogP contribution >= 0.6 is 0 Å². The summed E-state index contributed by atoms with van der Waals surface area (Å²) in [5.41, 5.74) is 2.48. The van der Waals surface area contributed by atoms with Crippen LogP contribution in [-0.2, 0) is 11.3 Å². The lowest BCUT2D eigenvalue weighted by Gasteiger charge is -2.27. The van der Waals surface area contributed by atoms with E-state index in [9.17, 15) is 0 Å². The van der Waals surface area contributed by atoms with Crippen LogP contribution in [0.25, 0.3) is 0 Å². The number of hydrogen-bond donors (Lipinski definition) is 1. The Morgan fingerprint density at radius 2 is 2.10 bits per heavy atom. The van der Waals surface area contributed by atoms with E-state index in [4.69, 9.17) is 9.84 Å². The first kappa shape index (κ1) is 15.5. The average Bonchev–Trinajstić information content (AvgIpc) is 2.85. The van der Waals surface area contributed by atoms with E-state index in [-0.39, 0.29) is 0 Å². The van der Waals surface area contributed by atoms with Crippen molar-refractivity contribution in [3.63, 3.8) is 0 Å². The van der Waals surface area contributed by atoms with Gasteiger partial charge < -0.3 is 10.1 Å². The molecule has 1 N–H and O–H groups in total. The van der Waals surface area contributed by atoms with E-state index in [1.54, 1.807) is 7.11 Å². The predicted molar refractivity (Wildman–Crippen MR) is 81.8 cm³/mol. The van der Waals surface area contributed by atoms with Crippen molar-refractivity contribution in [2.75, 3.05) is 20.3 Å². The highest BCUT2D eigenvalue weighted by Gasteiger charge is 2.22. The molecule has 0 saturated heterocycles. The van der Waals surface area contributed by atoms with Crippen LogP contribution in [0.15, 0.2) is 6.20 Å². The summed E-state index contributed by atoms with van der Waals surface area (Å²) in [5, 5.41) is 8.13. The number of rotatable bonds is 7. The van der Waals surface area contributed by atoms with Crippen molar-refractivity contribution in [1.29, 1.82) is 0 Å². The van der Waals surface area contributed by atoms with Crippen LogP contribution in [0.3, 0.4) is 0 Å². The first-order chi connectivity index (χ1) is 9.74. The van der Waals surface area contributed by atoms with E-state index in [0.717, 1.165) is 31.3 Å². The second-order valence-electron chi connectivity index (χ2n) is 5.97. The van der Waals surface area contributed by atoms with Gasteiger partial charge in [0.15, 0.2) is 0 Å². The Kier molecular flexibility index (Phi) is 6.05. The van der Waals surface area contributed by atoms with Crippen LogP contribution in [0, 0.1) is 12.8 Å². The first-order valence-corrected chi connectivity index (χ1v) is 7.98. The van der Waals surface area contributed by atoms with Crippen LogP contribution in [0.5, 0.6) is 0 Å². The molecule has 0 spiro atoms. The van der Waals surface area contributed by atoms with Gasteiger partial charge in [-0.15, -0.1) is 0 Å². The van der Waals surface area contributed by atoms with Crippen LogP contribution in [0.1, 0.15) is 56.3 Å². The average molecular weight is 279 g/mol. The molecule has 0 bridgehead atoms. The van der Waals surface area contributed by atoms with Crippen molar-refractivity contribution < 1.29 is 4.74 Å². The lowest BCUT2D eigenvalue weighted by Crippen LogP contribution is -2.19. The maximum absolute atomic E-state index is 5.05. The number of aryl methyl sites for hydroxylation is 1. The summed E-state index contributed by atoms with van der Waals surface area (Å²) in [6, 6.07) is 0.615. The van der Waals surface area contributed by atoms with Crippen LogP contribution in [-0.4, -0.2) is 30.0 Å². The Morgan fingerprint density at radius 1 is 1.35 bits per heavy atom. The third-order valence-corrected chi connectivity index (χ3v) is 4.58. The van der Waals surface area contributed by atoms with E-state index in [1.807, 2.05) is 0 Å². The molecule has 4 nitrogen and oxygen atoms in total. The van der Waals surface area contributed by atoms with E-state index in [2.05, 4.69) is 30.0 Å². The molecule has 114 valence electrons. The monoisotopic (exact) mass is 279 g/mol. The van der Waals surface area contributed by atoms with Gasteiger partial charge >= 0.3 is 0 Å². The number of aromatic nitrogens is 2. The summed E-state index contributed by atoms with van der Waals surface area (Å²) in [6.45, 7) is 6.96. The van der Waals surface area contributed by atoms with E-state index >= 15 is 0 Å². The third-order valence-electron chi connectivity index (χ3n) is 4.58. The SMILES string of the molecule is CCC1CCC(n2cc(CNCCOC)c(C)n2)CC1. The number of nitrogens with one attached hydrogen (secondary N) is 1. The minimum absolute atomic E-state index is 0.615. The molecule has 1 saturated carbocycles. The maximum Gasteiger partial charge on any atom is 0.0638 e. The van der Waals surface area contributed by atoms with Crippen molar-refractivity contribution in [3.8, 4) is 0 Å². The molecule has 4 heteroatoms. The van der Waals surface area contributed by atoms with E-state index < -0.39 is 0 Å². The smallest absolute Gasteiger partial charge is 0.0638 e. The van der Waals surface area contributed by atoms with Crippen molar-refractivity contribution in [1.82, 2.24) is 15.1 Å². The Balaban J connectivity index is 1.87. The van der Waals surface area contributed by atoms with Gasteiger partial charge in [-0.1, -0.05) is 13.3 Å². The Labute approximate surface area is 122 Å². The zero-order valence-electron chi connectivity index (χ0n) is 13.2. The normalized spacial score (nSPS) is 23.1. The Morgan fingerprint density at radius 3 is 2.75 bits per heavy atom. The highest BCUT2D eigenvalue weighted by atomic mass is 16.5. The van der Waals surface area contributed by atoms with E-state index in [1.165, 1.54) is 37.7 Å². The van der Waals surface area contributed by atoms with Crippen LogP contribution in [0.4, 0.5) is 0 Å². The third kappa shape index (κ3) is 4.06. The summed E-state index contributed by atoms with van der Waals surface area (Å²) in [4.78, 5) is 0. The largest absolute Gasteiger partial charge is 0.383 e. The number of ether oxygens (including phenoxy) is 1. The van der Waals surface area contributed by atoms with Crippen molar-refractivity contribution >= 4 is 0 Å². The van der Waals surface area contributed by atoms with Crippen molar-refractivity contribution in [3.05, 3.63) is 17.5 Å². The van der Waals surface area contributed by atoms with Crippen molar-refractivity contribution in [2.45, 2.75) is 58.5 Å². The fourth-order valence-corrected chi connectivity index (χ4v) is 3.09. The lowest BCUT2D eigenvalue weighted by molar-refractivity contribution is 0.199. The van der Waals surface area contributed by atoms with Gasteiger partial charge in [0.1, 0.15) is 0 Å². The van der Waals surface area contributed by atoms with Gasteiger partial charge in [-0.3, -0.25) is 4.68 Å². The molecule has 0 radical (unpaired) electrons. The summed E-state index contributed by atoms with van der Waals surface area (Å²) in [5.74, 6) is 0.943. The Hall–Kier alpha value is -0.870.